The number of fused-ring (bicyclic) bond motifs is 11. The minimum atomic E-state index is -0.482. The van der Waals surface area contributed by atoms with E-state index in [1.165, 1.54) is 97.3 Å². The van der Waals surface area contributed by atoms with Crippen molar-refractivity contribution in [3.05, 3.63) is 277 Å². The summed E-state index contributed by atoms with van der Waals surface area (Å²) in [5.74, 6) is 0. The van der Waals surface area contributed by atoms with Crippen LogP contribution in [-0.2, 0) is 5.41 Å². The summed E-state index contributed by atoms with van der Waals surface area (Å²) in [4.78, 5) is 2.48. The summed E-state index contributed by atoms with van der Waals surface area (Å²) >= 11 is 1.91. The normalized spacial score (nSPS) is 12.8. The van der Waals surface area contributed by atoms with Crippen molar-refractivity contribution in [2.75, 3.05) is 4.90 Å². The molecule has 0 N–H and O–H groups in total. The minimum Gasteiger partial charge on any atom is -0.310 e. The number of aromatic nitrogens is 1. The van der Waals surface area contributed by atoms with Crippen molar-refractivity contribution in [1.82, 2.24) is 4.57 Å². The van der Waals surface area contributed by atoms with Crippen LogP contribution in [0.5, 0.6) is 0 Å². The third kappa shape index (κ3) is 5.70. The van der Waals surface area contributed by atoms with Crippen molar-refractivity contribution in [3.63, 3.8) is 0 Å². The second kappa shape index (κ2) is 15.3. The van der Waals surface area contributed by atoms with E-state index in [1.807, 2.05) is 11.3 Å². The number of benzene rings is 11. The molecule has 0 spiro atoms. The third-order valence-electron chi connectivity index (χ3n) is 14.4. The molecule has 0 saturated carbocycles. The van der Waals surface area contributed by atoms with E-state index in [4.69, 9.17) is 0 Å². The van der Waals surface area contributed by atoms with Crippen molar-refractivity contribution in [2.24, 2.45) is 0 Å². The van der Waals surface area contributed by atoms with Crippen LogP contribution in [0.2, 0.25) is 0 Å². The van der Waals surface area contributed by atoms with Gasteiger partial charge in [0.1, 0.15) is 0 Å². The molecule has 2 nitrogen and oxygen atoms in total. The lowest BCUT2D eigenvalue weighted by molar-refractivity contribution is 0.768. The van der Waals surface area contributed by atoms with Gasteiger partial charge in [0.25, 0.3) is 0 Å². The Morgan fingerprint density at radius 3 is 1.75 bits per heavy atom. The van der Waals surface area contributed by atoms with Crippen molar-refractivity contribution in [1.29, 1.82) is 0 Å². The highest BCUT2D eigenvalue weighted by atomic mass is 32.1. The van der Waals surface area contributed by atoms with Gasteiger partial charge in [-0.1, -0.05) is 194 Å². The molecule has 0 aliphatic heterocycles. The molecule has 0 amide bonds. The summed E-state index contributed by atoms with van der Waals surface area (Å²) in [7, 11) is 0. The fraction of sp³-hybridized carbons (Fsp3) is 0.0154. The Hall–Kier alpha value is -8.50. The summed E-state index contributed by atoms with van der Waals surface area (Å²) in [6.45, 7) is 0. The molecule has 0 atom stereocenters. The maximum atomic E-state index is 2.48. The SMILES string of the molecule is c1ccc(-n2c3ccccc3c3cc(N(c4cccc(-c5cccc6c5sc5c7ccccc7ccc65)c4)c4ccc5c(c4)-c4ccccc4C5(c4ccccc4)c4ccccc4)ccc32)cc1. The van der Waals surface area contributed by atoms with Crippen LogP contribution < -0.4 is 4.90 Å². The van der Waals surface area contributed by atoms with Crippen LogP contribution in [-0.4, -0.2) is 4.57 Å². The van der Waals surface area contributed by atoms with Crippen LogP contribution in [0, 0.1) is 0 Å². The van der Waals surface area contributed by atoms with Gasteiger partial charge in [0.15, 0.2) is 0 Å². The summed E-state index contributed by atoms with van der Waals surface area (Å²) in [5.41, 5.74) is 16.4. The molecule has 1 aliphatic rings. The molecule has 0 unspecified atom stereocenters. The first-order chi connectivity index (χ1) is 33.7. The number of rotatable bonds is 7. The molecule has 0 bridgehead atoms. The van der Waals surface area contributed by atoms with Gasteiger partial charge in [-0.05, 0) is 116 Å². The van der Waals surface area contributed by atoms with Gasteiger partial charge in [0.2, 0.25) is 0 Å². The first-order valence-electron chi connectivity index (χ1n) is 23.4. The van der Waals surface area contributed by atoms with E-state index in [0.717, 1.165) is 22.7 Å². The molecule has 13 aromatic rings. The van der Waals surface area contributed by atoms with Crippen LogP contribution in [0.4, 0.5) is 17.1 Å². The van der Waals surface area contributed by atoms with Gasteiger partial charge in [0, 0.05) is 53.7 Å². The average molecular weight is 883 g/mol. The molecule has 1 aliphatic carbocycles. The van der Waals surface area contributed by atoms with Crippen LogP contribution in [0.1, 0.15) is 22.3 Å². The molecule has 2 aromatic heterocycles. The Bertz CT molecular complexity index is 4050. The van der Waals surface area contributed by atoms with Crippen molar-refractivity contribution < 1.29 is 0 Å². The lowest BCUT2D eigenvalue weighted by Gasteiger charge is -2.34. The van der Waals surface area contributed by atoms with Gasteiger partial charge in [-0.2, -0.15) is 0 Å². The van der Waals surface area contributed by atoms with E-state index < -0.39 is 5.41 Å². The predicted molar refractivity (Wildman–Crippen MR) is 289 cm³/mol. The fourth-order valence-electron chi connectivity index (χ4n) is 11.5. The van der Waals surface area contributed by atoms with Crippen LogP contribution in [0.15, 0.2) is 255 Å². The Balaban J connectivity index is 1.01. The number of thiophene rings is 1. The zero-order valence-electron chi connectivity index (χ0n) is 37.1. The maximum Gasteiger partial charge on any atom is 0.0713 e. The van der Waals surface area contributed by atoms with Crippen LogP contribution >= 0.6 is 11.3 Å². The zero-order valence-corrected chi connectivity index (χ0v) is 37.9. The number of nitrogens with zero attached hydrogens (tertiary/aromatic N) is 2. The highest BCUT2D eigenvalue weighted by molar-refractivity contribution is 7.27. The molecule has 3 heteroatoms. The summed E-state index contributed by atoms with van der Waals surface area (Å²) in [5, 5.41) is 7.63. The number of hydrogen-bond donors (Lipinski definition) is 0. The zero-order chi connectivity index (χ0) is 44.8. The molecule has 0 fully saturated rings. The molecule has 11 aromatic carbocycles. The van der Waals surface area contributed by atoms with Gasteiger partial charge in [-0.15, -0.1) is 11.3 Å². The van der Waals surface area contributed by atoms with Crippen LogP contribution in [0.25, 0.3) is 80.7 Å². The standard InChI is InChI=1S/C65H42N2S/c1-4-20-45(21-5-1)65(46-22-6-2-7-23-46)59-32-14-12-28-53(59)57-41-49(35-38-60(57)65)66(50-36-39-62-58(42-50)54-29-13-15-33-61(54)67(62)47-24-8-3-9-25-47)48-26-16-19-44(40-48)52-30-17-31-55-56-37-34-43-18-10-11-27-51(43)63(56)68-64(52)55/h1-42H. The van der Waals surface area contributed by atoms with Gasteiger partial charge >= 0.3 is 0 Å². The second-order valence-electron chi connectivity index (χ2n) is 18.0. The Morgan fingerprint density at radius 1 is 0.338 bits per heavy atom. The molecule has 68 heavy (non-hydrogen) atoms. The summed E-state index contributed by atoms with van der Waals surface area (Å²) in [6.07, 6.45) is 0. The van der Waals surface area contributed by atoms with E-state index in [-0.39, 0.29) is 0 Å². The van der Waals surface area contributed by atoms with E-state index in [0.29, 0.717) is 0 Å². The second-order valence-corrected chi connectivity index (χ2v) is 19.0. The topological polar surface area (TPSA) is 8.17 Å². The van der Waals surface area contributed by atoms with Crippen molar-refractivity contribution in [2.45, 2.75) is 5.41 Å². The largest absolute Gasteiger partial charge is 0.310 e. The maximum absolute atomic E-state index is 2.48. The van der Waals surface area contributed by atoms with E-state index in [9.17, 15) is 0 Å². The van der Waals surface area contributed by atoms with Gasteiger partial charge in [-0.25, -0.2) is 0 Å². The quantitative estimate of drug-likeness (QED) is 0.155. The molecule has 0 radical (unpaired) electrons. The van der Waals surface area contributed by atoms with Crippen LogP contribution in [0.3, 0.4) is 0 Å². The predicted octanol–water partition coefficient (Wildman–Crippen LogP) is 17.8. The summed E-state index contributed by atoms with van der Waals surface area (Å²) in [6, 6.07) is 94.3. The number of hydrogen-bond acceptors (Lipinski definition) is 2. The van der Waals surface area contributed by atoms with Crippen molar-refractivity contribution in [3.8, 4) is 27.9 Å². The van der Waals surface area contributed by atoms with Gasteiger partial charge in [0.05, 0.1) is 16.4 Å². The first kappa shape index (κ1) is 38.7. The summed E-state index contributed by atoms with van der Waals surface area (Å²) < 4.78 is 5.05. The van der Waals surface area contributed by atoms with Gasteiger partial charge < -0.3 is 9.47 Å². The van der Waals surface area contributed by atoms with E-state index in [2.05, 4.69) is 264 Å². The monoisotopic (exact) mass is 882 g/mol. The number of para-hydroxylation sites is 2. The average Bonchev–Trinajstić information content (AvgIpc) is 4.06. The lowest BCUT2D eigenvalue weighted by Crippen LogP contribution is -2.28. The fourth-order valence-corrected chi connectivity index (χ4v) is 12.9. The van der Waals surface area contributed by atoms with E-state index >= 15 is 0 Å². The van der Waals surface area contributed by atoms with E-state index in [1.54, 1.807) is 0 Å². The highest BCUT2D eigenvalue weighted by Gasteiger charge is 2.46. The Kier molecular flexibility index (Phi) is 8.71. The van der Waals surface area contributed by atoms with Gasteiger partial charge in [-0.3, -0.25) is 0 Å². The molecule has 318 valence electrons. The smallest absolute Gasteiger partial charge is 0.0713 e. The molecular formula is C65H42N2S. The molecular weight excluding hydrogens is 841 g/mol. The number of anilines is 3. The van der Waals surface area contributed by atoms with Crippen molar-refractivity contribution >= 4 is 81.1 Å². The lowest BCUT2D eigenvalue weighted by atomic mass is 9.68. The Morgan fingerprint density at radius 2 is 0.926 bits per heavy atom. The first-order valence-corrected chi connectivity index (χ1v) is 24.2. The highest BCUT2D eigenvalue weighted by Crippen LogP contribution is 2.57. The molecule has 0 saturated heterocycles. The molecule has 14 rings (SSSR count). The molecule has 2 heterocycles. The minimum absolute atomic E-state index is 0.482. The third-order valence-corrected chi connectivity index (χ3v) is 15.7. The Labute approximate surface area is 398 Å².